The Morgan fingerprint density at radius 3 is 2.25 bits per heavy atom. The van der Waals surface area contributed by atoms with E-state index in [0.717, 1.165) is 11.1 Å². The molecule has 1 aromatic carbocycles. The highest BCUT2D eigenvalue weighted by Crippen LogP contribution is 2.16. The lowest BCUT2D eigenvalue weighted by atomic mass is 10.0. The number of pyridine rings is 1. The molecule has 0 spiro atoms. The number of hydrogen-bond donors (Lipinski definition) is 0. The van der Waals surface area contributed by atoms with Crippen LogP contribution in [0.1, 0.15) is 41.3 Å². The Bertz CT molecular complexity index is 561. The Balaban J connectivity index is 2.06. The van der Waals surface area contributed by atoms with Crippen LogP contribution in [0.4, 0.5) is 0 Å². The third kappa shape index (κ3) is 3.44. The topological polar surface area (TPSA) is 33.2 Å². The van der Waals surface area contributed by atoms with Gasteiger partial charge in [0.1, 0.15) is 0 Å². The van der Waals surface area contributed by atoms with Crippen molar-refractivity contribution >= 4 is 5.91 Å². The van der Waals surface area contributed by atoms with Gasteiger partial charge in [-0.1, -0.05) is 26.0 Å². The zero-order valence-electron chi connectivity index (χ0n) is 12.2. The standard InChI is InChI=1S/C17H20N2O/c1-13(2)15-4-6-16(7-5-15)17(20)19(3)12-14-8-10-18-11-9-14/h4-11,13H,12H2,1-3H3. The van der Waals surface area contributed by atoms with E-state index >= 15 is 0 Å². The maximum absolute atomic E-state index is 12.3. The molecule has 0 unspecified atom stereocenters. The average molecular weight is 268 g/mol. The Kier molecular flexibility index (Phi) is 4.51. The maximum atomic E-state index is 12.3. The van der Waals surface area contributed by atoms with E-state index in [1.807, 2.05) is 43.4 Å². The van der Waals surface area contributed by atoms with Gasteiger partial charge in [0.25, 0.3) is 5.91 Å². The summed E-state index contributed by atoms with van der Waals surface area (Å²) in [5, 5.41) is 0. The highest BCUT2D eigenvalue weighted by atomic mass is 16.2. The number of aromatic nitrogens is 1. The van der Waals surface area contributed by atoms with Gasteiger partial charge in [0.15, 0.2) is 0 Å². The molecular weight excluding hydrogens is 248 g/mol. The zero-order valence-corrected chi connectivity index (χ0v) is 12.2. The molecule has 1 heterocycles. The first kappa shape index (κ1) is 14.3. The van der Waals surface area contributed by atoms with Crippen molar-refractivity contribution < 1.29 is 4.79 Å². The molecule has 1 amide bonds. The Morgan fingerprint density at radius 2 is 1.70 bits per heavy atom. The van der Waals surface area contributed by atoms with Crippen molar-refractivity contribution in [2.75, 3.05) is 7.05 Å². The minimum atomic E-state index is 0.0390. The number of carbonyl (C=O) groups is 1. The summed E-state index contributed by atoms with van der Waals surface area (Å²) >= 11 is 0. The highest BCUT2D eigenvalue weighted by Gasteiger charge is 2.12. The molecule has 2 aromatic rings. The van der Waals surface area contributed by atoms with Crippen LogP contribution in [0.5, 0.6) is 0 Å². The van der Waals surface area contributed by atoms with Gasteiger partial charge in [-0.2, -0.15) is 0 Å². The summed E-state index contributed by atoms with van der Waals surface area (Å²) in [6, 6.07) is 11.7. The van der Waals surface area contributed by atoms with E-state index in [1.165, 1.54) is 5.56 Å². The zero-order chi connectivity index (χ0) is 14.5. The lowest BCUT2D eigenvalue weighted by Gasteiger charge is -2.17. The smallest absolute Gasteiger partial charge is 0.253 e. The fourth-order valence-electron chi connectivity index (χ4n) is 2.06. The minimum absolute atomic E-state index is 0.0390. The van der Waals surface area contributed by atoms with Gasteiger partial charge >= 0.3 is 0 Å². The average Bonchev–Trinajstić information content (AvgIpc) is 2.47. The molecule has 0 bridgehead atoms. The van der Waals surface area contributed by atoms with Gasteiger partial charge in [0.05, 0.1) is 0 Å². The molecule has 1 aromatic heterocycles. The second-order valence-corrected chi connectivity index (χ2v) is 5.29. The number of carbonyl (C=O) groups excluding carboxylic acids is 1. The molecule has 0 saturated heterocycles. The number of nitrogens with zero attached hydrogens (tertiary/aromatic N) is 2. The van der Waals surface area contributed by atoms with Crippen molar-refractivity contribution in [1.82, 2.24) is 9.88 Å². The second kappa shape index (κ2) is 6.33. The summed E-state index contributed by atoms with van der Waals surface area (Å²) in [5.41, 5.74) is 3.05. The van der Waals surface area contributed by atoms with Crippen LogP contribution in [0.2, 0.25) is 0 Å². The molecule has 3 heteroatoms. The molecule has 0 aliphatic rings. The van der Waals surface area contributed by atoms with E-state index in [4.69, 9.17) is 0 Å². The number of amides is 1. The molecule has 0 N–H and O–H groups in total. The predicted octanol–water partition coefficient (Wildman–Crippen LogP) is 3.48. The molecule has 0 saturated carbocycles. The van der Waals surface area contributed by atoms with Crippen LogP contribution in [-0.4, -0.2) is 22.8 Å². The summed E-state index contributed by atoms with van der Waals surface area (Å²) in [6.07, 6.45) is 3.48. The third-order valence-corrected chi connectivity index (χ3v) is 3.34. The van der Waals surface area contributed by atoms with E-state index in [1.54, 1.807) is 17.3 Å². The Labute approximate surface area is 120 Å². The normalized spacial score (nSPS) is 10.6. The summed E-state index contributed by atoms with van der Waals surface area (Å²) in [6.45, 7) is 4.88. The molecule has 0 atom stereocenters. The molecule has 20 heavy (non-hydrogen) atoms. The van der Waals surface area contributed by atoms with E-state index in [2.05, 4.69) is 18.8 Å². The number of benzene rings is 1. The van der Waals surface area contributed by atoms with E-state index in [9.17, 15) is 4.79 Å². The molecule has 3 nitrogen and oxygen atoms in total. The fraction of sp³-hybridized carbons (Fsp3) is 0.294. The summed E-state index contributed by atoms with van der Waals surface area (Å²) in [7, 11) is 1.82. The first-order valence-electron chi connectivity index (χ1n) is 6.82. The molecule has 0 radical (unpaired) electrons. The number of hydrogen-bond acceptors (Lipinski definition) is 2. The second-order valence-electron chi connectivity index (χ2n) is 5.29. The summed E-state index contributed by atoms with van der Waals surface area (Å²) in [4.78, 5) is 18.0. The van der Waals surface area contributed by atoms with E-state index < -0.39 is 0 Å². The van der Waals surface area contributed by atoms with Gasteiger partial charge in [-0.05, 0) is 41.3 Å². The molecule has 0 fully saturated rings. The van der Waals surface area contributed by atoms with Crippen LogP contribution in [0.15, 0.2) is 48.8 Å². The number of rotatable bonds is 4. The van der Waals surface area contributed by atoms with Crippen LogP contribution in [-0.2, 0) is 6.54 Å². The molecule has 104 valence electrons. The molecule has 0 aliphatic heterocycles. The third-order valence-electron chi connectivity index (χ3n) is 3.34. The molecular formula is C17H20N2O. The van der Waals surface area contributed by atoms with Crippen LogP contribution in [0.3, 0.4) is 0 Å². The van der Waals surface area contributed by atoms with Crippen molar-refractivity contribution in [3.8, 4) is 0 Å². The molecule has 2 rings (SSSR count). The van der Waals surface area contributed by atoms with Crippen LogP contribution < -0.4 is 0 Å². The van der Waals surface area contributed by atoms with E-state index in [-0.39, 0.29) is 5.91 Å². The van der Waals surface area contributed by atoms with Gasteiger partial charge in [-0.25, -0.2) is 0 Å². The monoisotopic (exact) mass is 268 g/mol. The first-order valence-corrected chi connectivity index (χ1v) is 6.82. The van der Waals surface area contributed by atoms with Gasteiger partial charge < -0.3 is 4.90 Å². The largest absolute Gasteiger partial charge is 0.337 e. The van der Waals surface area contributed by atoms with Crippen LogP contribution in [0, 0.1) is 0 Å². The maximum Gasteiger partial charge on any atom is 0.253 e. The summed E-state index contributed by atoms with van der Waals surface area (Å²) in [5.74, 6) is 0.519. The predicted molar refractivity (Wildman–Crippen MR) is 80.6 cm³/mol. The highest BCUT2D eigenvalue weighted by molar-refractivity contribution is 5.94. The fourth-order valence-corrected chi connectivity index (χ4v) is 2.06. The van der Waals surface area contributed by atoms with Crippen LogP contribution in [0.25, 0.3) is 0 Å². The van der Waals surface area contributed by atoms with Crippen LogP contribution >= 0.6 is 0 Å². The van der Waals surface area contributed by atoms with Gasteiger partial charge in [-0.3, -0.25) is 9.78 Å². The van der Waals surface area contributed by atoms with E-state index in [0.29, 0.717) is 12.5 Å². The van der Waals surface area contributed by atoms with Crippen molar-refractivity contribution in [2.24, 2.45) is 0 Å². The van der Waals surface area contributed by atoms with Gasteiger partial charge in [0.2, 0.25) is 0 Å². The first-order chi connectivity index (χ1) is 9.58. The minimum Gasteiger partial charge on any atom is -0.337 e. The van der Waals surface area contributed by atoms with Crippen molar-refractivity contribution in [3.63, 3.8) is 0 Å². The molecule has 0 aliphatic carbocycles. The lowest BCUT2D eigenvalue weighted by Crippen LogP contribution is -2.26. The Morgan fingerprint density at radius 1 is 1.10 bits per heavy atom. The van der Waals surface area contributed by atoms with Gasteiger partial charge in [-0.15, -0.1) is 0 Å². The van der Waals surface area contributed by atoms with Crippen molar-refractivity contribution in [2.45, 2.75) is 26.3 Å². The lowest BCUT2D eigenvalue weighted by molar-refractivity contribution is 0.0785. The van der Waals surface area contributed by atoms with Crippen molar-refractivity contribution in [1.29, 1.82) is 0 Å². The SMILES string of the molecule is CC(C)c1ccc(C(=O)N(C)Cc2ccncc2)cc1. The Hall–Kier alpha value is -2.16. The summed E-state index contributed by atoms with van der Waals surface area (Å²) < 4.78 is 0. The van der Waals surface area contributed by atoms with Crippen molar-refractivity contribution in [3.05, 3.63) is 65.5 Å². The quantitative estimate of drug-likeness (QED) is 0.850. The van der Waals surface area contributed by atoms with Gasteiger partial charge in [0, 0.05) is 31.5 Å².